The zero-order valence-corrected chi connectivity index (χ0v) is 11.1. The molecule has 3 N–H and O–H groups in total. The molecule has 1 unspecified atom stereocenters. The Morgan fingerprint density at radius 2 is 2.50 bits per heavy atom. The third-order valence-corrected chi connectivity index (χ3v) is 4.22. The number of nitrogens with one attached hydrogen (secondary N) is 1. The molecule has 0 aliphatic rings. The smallest absolute Gasteiger partial charge is 0.230 e. The maximum Gasteiger partial charge on any atom is 0.230 e. The summed E-state index contributed by atoms with van der Waals surface area (Å²) in [5, 5.41) is 5.37. The predicted octanol–water partition coefficient (Wildman–Crippen LogP) is 1.83. The molecule has 0 radical (unpaired) electrons. The first kappa shape index (κ1) is 13.5. The van der Waals surface area contributed by atoms with Gasteiger partial charge in [0, 0.05) is 10.1 Å². The van der Waals surface area contributed by atoms with Crippen LogP contribution in [0.2, 0.25) is 0 Å². The molecule has 0 aliphatic carbocycles. The molecule has 0 saturated heterocycles. The number of amides is 1. The van der Waals surface area contributed by atoms with Gasteiger partial charge < -0.3 is 11.1 Å². The minimum Gasteiger partial charge on any atom is -0.350 e. The number of rotatable bonds is 7. The van der Waals surface area contributed by atoms with Gasteiger partial charge >= 0.3 is 0 Å². The van der Waals surface area contributed by atoms with Crippen LogP contribution in [-0.4, -0.2) is 23.5 Å². The van der Waals surface area contributed by atoms with Crippen LogP contribution in [0, 0.1) is 0 Å². The Hall–Kier alpha value is -0.520. The zero-order valence-electron chi connectivity index (χ0n) is 9.44. The highest BCUT2D eigenvalue weighted by Gasteiger charge is 2.06. The molecular formula is C11H18N2OS2. The van der Waals surface area contributed by atoms with Crippen LogP contribution in [0.3, 0.4) is 0 Å². The normalized spacial score (nSPS) is 12.4. The molecule has 0 fully saturated rings. The van der Waals surface area contributed by atoms with Crippen molar-refractivity contribution in [3.05, 3.63) is 22.4 Å². The lowest BCUT2D eigenvalue weighted by molar-refractivity contribution is -0.118. The molecule has 3 nitrogen and oxygen atoms in total. The SMILES string of the molecule is CC(CCN)SCC(=O)NCc1cccs1. The van der Waals surface area contributed by atoms with Gasteiger partial charge in [-0.1, -0.05) is 13.0 Å². The van der Waals surface area contributed by atoms with Gasteiger partial charge in [-0.25, -0.2) is 0 Å². The van der Waals surface area contributed by atoms with Crippen LogP contribution in [0.5, 0.6) is 0 Å². The van der Waals surface area contributed by atoms with Crippen molar-refractivity contribution < 1.29 is 4.79 Å². The van der Waals surface area contributed by atoms with Crippen molar-refractivity contribution in [1.82, 2.24) is 5.32 Å². The Morgan fingerprint density at radius 1 is 1.69 bits per heavy atom. The second-order valence-corrected chi connectivity index (χ2v) is 6.01. The van der Waals surface area contributed by atoms with Crippen molar-refractivity contribution in [3.8, 4) is 0 Å². The number of carbonyl (C=O) groups is 1. The summed E-state index contributed by atoms with van der Waals surface area (Å²) in [6.07, 6.45) is 0.961. The molecule has 16 heavy (non-hydrogen) atoms. The average Bonchev–Trinajstić information content (AvgIpc) is 2.77. The molecule has 5 heteroatoms. The average molecular weight is 258 g/mol. The van der Waals surface area contributed by atoms with Crippen molar-refractivity contribution >= 4 is 29.0 Å². The lowest BCUT2D eigenvalue weighted by Gasteiger charge is -2.09. The Balaban J connectivity index is 2.11. The van der Waals surface area contributed by atoms with Gasteiger partial charge in [-0.2, -0.15) is 0 Å². The van der Waals surface area contributed by atoms with Crippen LogP contribution in [0.15, 0.2) is 17.5 Å². The van der Waals surface area contributed by atoms with E-state index in [-0.39, 0.29) is 5.91 Å². The molecule has 1 aromatic rings. The topological polar surface area (TPSA) is 55.1 Å². The molecule has 0 saturated carbocycles. The molecule has 1 rings (SSSR count). The lowest BCUT2D eigenvalue weighted by Crippen LogP contribution is -2.25. The monoisotopic (exact) mass is 258 g/mol. The van der Waals surface area contributed by atoms with Crippen LogP contribution in [0.25, 0.3) is 0 Å². The lowest BCUT2D eigenvalue weighted by atomic mass is 10.3. The van der Waals surface area contributed by atoms with Gasteiger partial charge in [0.2, 0.25) is 5.91 Å². The summed E-state index contributed by atoms with van der Waals surface area (Å²) in [5.74, 6) is 0.620. The van der Waals surface area contributed by atoms with E-state index in [0.29, 0.717) is 24.1 Å². The van der Waals surface area contributed by atoms with Gasteiger partial charge in [0.25, 0.3) is 0 Å². The third-order valence-electron chi connectivity index (χ3n) is 2.11. The number of carbonyl (C=O) groups excluding carboxylic acids is 1. The molecule has 0 spiro atoms. The third kappa shape index (κ3) is 5.53. The first-order chi connectivity index (χ1) is 7.72. The summed E-state index contributed by atoms with van der Waals surface area (Å²) in [4.78, 5) is 12.7. The standard InChI is InChI=1S/C11H18N2OS2/c1-9(4-5-12)16-8-11(14)13-7-10-3-2-6-15-10/h2-3,6,9H,4-5,7-8,12H2,1H3,(H,13,14). The van der Waals surface area contributed by atoms with Gasteiger partial charge in [0.15, 0.2) is 0 Å². The van der Waals surface area contributed by atoms with Gasteiger partial charge in [0.1, 0.15) is 0 Å². The highest BCUT2D eigenvalue weighted by Crippen LogP contribution is 2.13. The fourth-order valence-electron chi connectivity index (χ4n) is 1.19. The maximum atomic E-state index is 11.5. The summed E-state index contributed by atoms with van der Waals surface area (Å²) in [6.45, 7) is 3.43. The summed E-state index contributed by atoms with van der Waals surface area (Å²) in [6, 6.07) is 4.01. The number of hydrogen-bond acceptors (Lipinski definition) is 4. The molecule has 1 heterocycles. The Bertz CT molecular complexity index is 301. The van der Waals surface area contributed by atoms with Gasteiger partial charge in [-0.3, -0.25) is 4.79 Å². The van der Waals surface area contributed by atoms with E-state index in [1.54, 1.807) is 23.1 Å². The van der Waals surface area contributed by atoms with Gasteiger partial charge in [-0.05, 0) is 24.4 Å². The highest BCUT2D eigenvalue weighted by molar-refractivity contribution is 8.00. The van der Waals surface area contributed by atoms with Crippen LogP contribution in [0.1, 0.15) is 18.2 Å². The van der Waals surface area contributed by atoms with E-state index in [0.717, 1.165) is 6.42 Å². The molecular weight excluding hydrogens is 240 g/mol. The minimum absolute atomic E-state index is 0.0993. The van der Waals surface area contributed by atoms with E-state index in [1.165, 1.54) is 4.88 Å². The number of thiophene rings is 1. The summed E-state index contributed by atoms with van der Waals surface area (Å²) in [5.41, 5.74) is 5.45. The van der Waals surface area contributed by atoms with E-state index in [9.17, 15) is 4.79 Å². The number of nitrogens with two attached hydrogens (primary N) is 1. The van der Waals surface area contributed by atoms with Crippen LogP contribution in [0.4, 0.5) is 0 Å². The van der Waals surface area contributed by atoms with Crippen molar-refractivity contribution in [3.63, 3.8) is 0 Å². The molecule has 90 valence electrons. The predicted molar refractivity (Wildman–Crippen MR) is 71.8 cm³/mol. The van der Waals surface area contributed by atoms with E-state index in [2.05, 4.69) is 12.2 Å². The Labute approximate surface area is 105 Å². The summed E-state index contributed by atoms with van der Waals surface area (Å²) >= 11 is 3.32. The molecule has 0 aliphatic heterocycles. The fourth-order valence-corrected chi connectivity index (χ4v) is 2.67. The van der Waals surface area contributed by atoms with Crippen LogP contribution < -0.4 is 11.1 Å². The first-order valence-electron chi connectivity index (χ1n) is 5.33. The summed E-state index contributed by atoms with van der Waals surface area (Å²) in [7, 11) is 0. The minimum atomic E-state index is 0.0993. The second kappa shape index (κ2) is 7.70. The van der Waals surface area contributed by atoms with E-state index < -0.39 is 0 Å². The summed E-state index contributed by atoms with van der Waals surface area (Å²) < 4.78 is 0. The Kier molecular flexibility index (Phi) is 6.52. The molecule has 0 aromatic carbocycles. The van der Waals surface area contributed by atoms with E-state index in [4.69, 9.17) is 5.73 Å². The maximum absolute atomic E-state index is 11.5. The van der Waals surface area contributed by atoms with Crippen molar-refractivity contribution in [2.75, 3.05) is 12.3 Å². The van der Waals surface area contributed by atoms with Crippen molar-refractivity contribution in [2.45, 2.75) is 25.1 Å². The van der Waals surface area contributed by atoms with E-state index >= 15 is 0 Å². The van der Waals surface area contributed by atoms with Gasteiger partial charge in [-0.15, -0.1) is 23.1 Å². The molecule has 1 aromatic heterocycles. The van der Waals surface area contributed by atoms with Crippen molar-refractivity contribution in [2.24, 2.45) is 5.73 Å². The van der Waals surface area contributed by atoms with E-state index in [1.807, 2.05) is 17.5 Å². The molecule has 1 atom stereocenters. The first-order valence-corrected chi connectivity index (χ1v) is 7.26. The highest BCUT2D eigenvalue weighted by atomic mass is 32.2. The number of thioether (sulfide) groups is 1. The second-order valence-electron chi connectivity index (χ2n) is 3.56. The van der Waals surface area contributed by atoms with Crippen LogP contribution >= 0.6 is 23.1 Å². The van der Waals surface area contributed by atoms with Crippen LogP contribution in [-0.2, 0) is 11.3 Å². The largest absolute Gasteiger partial charge is 0.350 e. The molecule has 1 amide bonds. The molecule has 0 bridgehead atoms. The van der Waals surface area contributed by atoms with Gasteiger partial charge in [0.05, 0.1) is 12.3 Å². The zero-order chi connectivity index (χ0) is 11.8. The quantitative estimate of drug-likeness (QED) is 0.784. The van der Waals surface area contributed by atoms with Crippen molar-refractivity contribution in [1.29, 1.82) is 0 Å². The Morgan fingerprint density at radius 3 is 3.12 bits per heavy atom. The fraction of sp³-hybridized carbons (Fsp3) is 0.545. The number of hydrogen-bond donors (Lipinski definition) is 2.